The lowest BCUT2D eigenvalue weighted by molar-refractivity contribution is 0.490. The normalized spacial score (nSPS) is 16.2. The van der Waals surface area contributed by atoms with Gasteiger partial charge in [0.25, 0.3) is 0 Å². The maximum atomic E-state index is 14.0. The molecular formula is C24H22Cl2FN5. The molecule has 0 amide bonds. The predicted octanol–water partition coefficient (Wildman–Crippen LogP) is 5.33. The fourth-order valence-corrected chi connectivity index (χ4v) is 4.79. The Morgan fingerprint density at radius 3 is 2.59 bits per heavy atom. The van der Waals surface area contributed by atoms with E-state index in [9.17, 15) is 4.39 Å². The monoisotopic (exact) mass is 469 g/mol. The molecule has 5 rings (SSSR count). The Labute approximate surface area is 195 Å². The average molecular weight is 470 g/mol. The van der Waals surface area contributed by atoms with Crippen LogP contribution in [-0.4, -0.2) is 32.6 Å². The number of benzene rings is 2. The highest BCUT2D eigenvalue weighted by Gasteiger charge is 2.23. The maximum Gasteiger partial charge on any atom is 0.164 e. The molecule has 5 nitrogen and oxygen atoms in total. The Hall–Kier alpha value is -2.54. The Balaban J connectivity index is 1.55. The van der Waals surface area contributed by atoms with Crippen molar-refractivity contribution in [1.82, 2.24) is 24.8 Å². The summed E-state index contributed by atoms with van der Waals surface area (Å²) in [6.45, 7) is 2.70. The van der Waals surface area contributed by atoms with Crippen LogP contribution in [0.1, 0.15) is 17.8 Å². The van der Waals surface area contributed by atoms with Gasteiger partial charge in [-0.05, 0) is 55.6 Å². The van der Waals surface area contributed by atoms with Crippen LogP contribution in [0.15, 0.2) is 48.7 Å². The number of rotatable bonds is 6. The molecule has 164 valence electrons. The van der Waals surface area contributed by atoms with Crippen LogP contribution in [0, 0.1) is 11.7 Å². The van der Waals surface area contributed by atoms with Crippen molar-refractivity contribution in [1.29, 1.82) is 0 Å². The van der Waals surface area contributed by atoms with Gasteiger partial charge in [-0.3, -0.25) is 0 Å². The summed E-state index contributed by atoms with van der Waals surface area (Å²) in [5.41, 5.74) is 2.80. The SMILES string of the molecule is Fc1ccccc1CCc1ncc2nc(-c3c(Cl)cccc3Cl)n(C[C@@H]3CCNC3)c2n1. The van der Waals surface area contributed by atoms with E-state index in [1.54, 1.807) is 18.3 Å². The van der Waals surface area contributed by atoms with E-state index in [1.807, 2.05) is 24.3 Å². The molecule has 1 fully saturated rings. The quantitative estimate of drug-likeness (QED) is 0.414. The van der Waals surface area contributed by atoms with Crippen molar-refractivity contribution in [3.05, 3.63) is 75.9 Å². The van der Waals surface area contributed by atoms with Gasteiger partial charge >= 0.3 is 0 Å². The van der Waals surface area contributed by atoms with Crippen LogP contribution in [0.25, 0.3) is 22.6 Å². The lowest BCUT2D eigenvalue weighted by Crippen LogP contribution is -2.16. The van der Waals surface area contributed by atoms with E-state index < -0.39 is 0 Å². The van der Waals surface area contributed by atoms with Crippen LogP contribution < -0.4 is 5.32 Å². The Morgan fingerprint density at radius 2 is 1.84 bits per heavy atom. The first-order valence-corrected chi connectivity index (χ1v) is 11.5. The van der Waals surface area contributed by atoms with Crippen molar-refractivity contribution in [3.63, 3.8) is 0 Å². The summed E-state index contributed by atoms with van der Waals surface area (Å²) >= 11 is 13.0. The molecule has 0 aliphatic carbocycles. The third kappa shape index (κ3) is 4.22. The second kappa shape index (κ2) is 9.14. The van der Waals surface area contributed by atoms with Crippen molar-refractivity contribution in [3.8, 4) is 11.4 Å². The summed E-state index contributed by atoms with van der Waals surface area (Å²) in [5, 5.41) is 4.51. The number of imidazole rings is 1. The zero-order valence-corrected chi connectivity index (χ0v) is 18.9. The molecule has 32 heavy (non-hydrogen) atoms. The molecule has 3 heterocycles. The first-order valence-electron chi connectivity index (χ1n) is 10.7. The van der Waals surface area contributed by atoms with Crippen LogP contribution in [0.2, 0.25) is 10.0 Å². The van der Waals surface area contributed by atoms with Crippen molar-refractivity contribution in [2.75, 3.05) is 13.1 Å². The lowest BCUT2D eigenvalue weighted by atomic mass is 10.1. The zero-order valence-electron chi connectivity index (χ0n) is 17.4. The highest BCUT2D eigenvalue weighted by atomic mass is 35.5. The second-order valence-corrected chi connectivity index (χ2v) is 8.90. The van der Waals surface area contributed by atoms with Gasteiger partial charge in [-0.25, -0.2) is 19.3 Å². The molecule has 1 saturated heterocycles. The third-order valence-corrected chi connectivity index (χ3v) is 6.53. The van der Waals surface area contributed by atoms with E-state index in [0.29, 0.717) is 57.1 Å². The molecule has 0 radical (unpaired) electrons. The molecule has 0 spiro atoms. The number of hydrogen-bond donors (Lipinski definition) is 1. The van der Waals surface area contributed by atoms with Crippen molar-refractivity contribution in [2.24, 2.45) is 5.92 Å². The van der Waals surface area contributed by atoms with E-state index in [4.69, 9.17) is 33.2 Å². The average Bonchev–Trinajstić information content (AvgIpc) is 3.42. The standard InChI is InChI=1S/C24H22Cl2FN5/c25-17-5-3-6-18(26)22(17)24-30-20-13-29-21(9-8-16-4-1-2-7-19(16)27)31-23(20)32(24)14-15-10-11-28-12-15/h1-7,13,15,28H,8-12,14H2/t15-/m1/s1. The largest absolute Gasteiger partial charge is 0.316 e. The van der Waals surface area contributed by atoms with Crippen LogP contribution in [0.4, 0.5) is 4.39 Å². The summed E-state index contributed by atoms with van der Waals surface area (Å²) in [7, 11) is 0. The first kappa shape index (κ1) is 21.3. The molecule has 0 saturated carbocycles. The number of fused-ring (bicyclic) bond motifs is 1. The number of aryl methyl sites for hydroxylation is 2. The Bertz CT molecular complexity index is 1250. The predicted molar refractivity (Wildman–Crippen MR) is 126 cm³/mol. The van der Waals surface area contributed by atoms with E-state index in [-0.39, 0.29) is 5.82 Å². The molecular weight excluding hydrogens is 448 g/mol. The van der Waals surface area contributed by atoms with Crippen LogP contribution in [0.3, 0.4) is 0 Å². The highest BCUT2D eigenvalue weighted by Crippen LogP contribution is 2.36. The lowest BCUT2D eigenvalue weighted by Gasteiger charge is -2.15. The van der Waals surface area contributed by atoms with E-state index in [1.165, 1.54) is 6.07 Å². The van der Waals surface area contributed by atoms with E-state index in [0.717, 1.165) is 31.7 Å². The smallest absolute Gasteiger partial charge is 0.164 e. The van der Waals surface area contributed by atoms with Gasteiger partial charge in [-0.2, -0.15) is 0 Å². The minimum Gasteiger partial charge on any atom is -0.316 e. The van der Waals surface area contributed by atoms with E-state index >= 15 is 0 Å². The molecule has 0 unspecified atom stereocenters. The van der Waals surface area contributed by atoms with Crippen molar-refractivity contribution >= 4 is 34.4 Å². The van der Waals surface area contributed by atoms with Gasteiger partial charge in [0.15, 0.2) is 5.65 Å². The molecule has 1 aliphatic heterocycles. The highest BCUT2D eigenvalue weighted by molar-refractivity contribution is 6.39. The van der Waals surface area contributed by atoms with Gasteiger partial charge in [-0.1, -0.05) is 47.5 Å². The first-order chi connectivity index (χ1) is 15.6. The molecule has 8 heteroatoms. The van der Waals surface area contributed by atoms with Crippen molar-refractivity contribution in [2.45, 2.75) is 25.8 Å². The summed E-state index contributed by atoms with van der Waals surface area (Å²) in [5.74, 6) is 1.61. The van der Waals surface area contributed by atoms with Gasteiger partial charge in [0, 0.05) is 13.0 Å². The molecule has 4 aromatic rings. The topological polar surface area (TPSA) is 55.6 Å². The third-order valence-electron chi connectivity index (χ3n) is 5.90. The molecule has 1 aliphatic rings. The van der Waals surface area contributed by atoms with Crippen LogP contribution in [-0.2, 0) is 19.4 Å². The molecule has 0 bridgehead atoms. The zero-order chi connectivity index (χ0) is 22.1. The summed E-state index contributed by atoms with van der Waals surface area (Å²) in [4.78, 5) is 14.1. The Morgan fingerprint density at radius 1 is 1.03 bits per heavy atom. The van der Waals surface area contributed by atoms with Gasteiger partial charge < -0.3 is 9.88 Å². The van der Waals surface area contributed by atoms with Gasteiger partial charge in [0.05, 0.1) is 21.8 Å². The summed E-state index contributed by atoms with van der Waals surface area (Å²) in [6.07, 6.45) is 3.88. The minimum atomic E-state index is -0.206. The number of aromatic nitrogens is 4. The van der Waals surface area contributed by atoms with Gasteiger partial charge in [-0.15, -0.1) is 0 Å². The second-order valence-electron chi connectivity index (χ2n) is 8.09. The van der Waals surface area contributed by atoms with Gasteiger partial charge in [0.1, 0.15) is 23.0 Å². The molecule has 2 aromatic heterocycles. The van der Waals surface area contributed by atoms with Gasteiger partial charge in [0.2, 0.25) is 0 Å². The molecule has 1 atom stereocenters. The van der Waals surface area contributed by atoms with Crippen LogP contribution >= 0.6 is 23.2 Å². The van der Waals surface area contributed by atoms with Crippen molar-refractivity contribution < 1.29 is 4.39 Å². The number of hydrogen-bond acceptors (Lipinski definition) is 4. The molecule has 2 aromatic carbocycles. The summed E-state index contributed by atoms with van der Waals surface area (Å²) < 4.78 is 16.1. The fraction of sp³-hybridized carbons (Fsp3) is 0.292. The van der Waals surface area contributed by atoms with Crippen LogP contribution in [0.5, 0.6) is 0 Å². The number of nitrogens with one attached hydrogen (secondary N) is 1. The fourth-order valence-electron chi connectivity index (χ4n) is 4.23. The molecule has 1 N–H and O–H groups in total. The van der Waals surface area contributed by atoms with E-state index in [2.05, 4.69) is 14.9 Å². The minimum absolute atomic E-state index is 0.206. The number of nitrogens with zero attached hydrogens (tertiary/aromatic N) is 4. The Kier molecular flexibility index (Phi) is 6.09. The number of halogens is 3. The summed E-state index contributed by atoms with van der Waals surface area (Å²) in [6, 6.07) is 12.3. The maximum absolute atomic E-state index is 14.0.